The van der Waals surface area contributed by atoms with E-state index in [2.05, 4.69) is 14.9 Å². The summed E-state index contributed by atoms with van der Waals surface area (Å²) in [7, 11) is 4.06. The Labute approximate surface area is 129 Å². The highest BCUT2D eigenvalue weighted by Crippen LogP contribution is 2.19. The lowest BCUT2D eigenvalue weighted by Gasteiger charge is -2.10. The lowest BCUT2D eigenvalue weighted by molar-refractivity contribution is 0.1000. The van der Waals surface area contributed by atoms with Crippen LogP contribution in [0.2, 0.25) is 0 Å². The van der Waals surface area contributed by atoms with E-state index in [0.717, 1.165) is 18.5 Å². The van der Waals surface area contributed by atoms with Gasteiger partial charge in [-0.3, -0.25) is 9.78 Å². The second-order valence-electron chi connectivity index (χ2n) is 5.18. The molecule has 0 aliphatic heterocycles. The number of ether oxygens (including phenoxy) is 1. The van der Waals surface area contributed by atoms with Gasteiger partial charge in [-0.1, -0.05) is 0 Å². The first-order valence-corrected chi connectivity index (χ1v) is 7.06. The fraction of sp³-hybridized carbons (Fsp3) is 0.312. The van der Waals surface area contributed by atoms with Crippen LogP contribution in [0.3, 0.4) is 0 Å². The number of primary amides is 1. The van der Waals surface area contributed by atoms with Gasteiger partial charge in [0.15, 0.2) is 0 Å². The Morgan fingerprint density at radius 1 is 1.27 bits per heavy atom. The molecule has 0 saturated carbocycles. The lowest BCUT2D eigenvalue weighted by Crippen LogP contribution is -2.15. The summed E-state index contributed by atoms with van der Waals surface area (Å²) in [5.41, 5.74) is 7.16. The highest BCUT2D eigenvalue weighted by molar-refractivity contribution is 5.93. The summed E-state index contributed by atoms with van der Waals surface area (Å²) in [4.78, 5) is 21.8. The molecule has 6 nitrogen and oxygen atoms in total. The number of amides is 1. The van der Waals surface area contributed by atoms with Gasteiger partial charge in [-0.05, 0) is 38.7 Å². The van der Waals surface area contributed by atoms with Crippen LogP contribution < -0.4 is 10.5 Å². The molecule has 2 aromatic heterocycles. The van der Waals surface area contributed by atoms with Crippen molar-refractivity contribution in [1.29, 1.82) is 0 Å². The molecule has 0 bridgehead atoms. The minimum Gasteiger partial charge on any atom is -0.478 e. The van der Waals surface area contributed by atoms with Gasteiger partial charge >= 0.3 is 0 Å². The number of rotatable bonds is 7. The monoisotopic (exact) mass is 300 g/mol. The summed E-state index contributed by atoms with van der Waals surface area (Å²) in [5, 5.41) is 0. The molecule has 2 rings (SSSR count). The second-order valence-corrected chi connectivity index (χ2v) is 5.18. The average Bonchev–Trinajstić information content (AvgIpc) is 2.52. The molecule has 2 heterocycles. The summed E-state index contributed by atoms with van der Waals surface area (Å²) in [6, 6.07) is 6.89. The quantitative estimate of drug-likeness (QED) is 0.785. The van der Waals surface area contributed by atoms with Crippen LogP contribution in [0.4, 0.5) is 0 Å². The lowest BCUT2D eigenvalue weighted by atomic mass is 10.1. The molecule has 0 radical (unpaired) electrons. The fourth-order valence-electron chi connectivity index (χ4n) is 1.92. The summed E-state index contributed by atoms with van der Waals surface area (Å²) in [6.45, 7) is 1.60. The Morgan fingerprint density at radius 2 is 2.09 bits per heavy atom. The van der Waals surface area contributed by atoms with E-state index in [1.165, 1.54) is 0 Å². The number of hydrogen-bond donors (Lipinski definition) is 1. The topological polar surface area (TPSA) is 81.3 Å². The number of hydrogen-bond acceptors (Lipinski definition) is 5. The van der Waals surface area contributed by atoms with Crippen LogP contribution in [0.5, 0.6) is 5.88 Å². The van der Waals surface area contributed by atoms with Crippen molar-refractivity contribution in [1.82, 2.24) is 14.9 Å². The zero-order valence-corrected chi connectivity index (χ0v) is 12.8. The molecule has 0 unspecified atom stereocenters. The SMILES string of the molecule is CN(C)CCCOc1ccc(-c2cc(C(N)=O)ccn2)cn1. The molecule has 0 fully saturated rings. The average molecular weight is 300 g/mol. The Kier molecular flexibility index (Phi) is 5.43. The van der Waals surface area contributed by atoms with Gasteiger partial charge in [-0.25, -0.2) is 4.98 Å². The van der Waals surface area contributed by atoms with Crippen LogP contribution in [0.1, 0.15) is 16.8 Å². The summed E-state index contributed by atoms with van der Waals surface area (Å²) < 4.78 is 5.58. The maximum Gasteiger partial charge on any atom is 0.248 e. The van der Waals surface area contributed by atoms with Crippen molar-refractivity contribution >= 4 is 5.91 Å². The molecule has 22 heavy (non-hydrogen) atoms. The zero-order chi connectivity index (χ0) is 15.9. The van der Waals surface area contributed by atoms with Gasteiger partial charge in [-0.15, -0.1) is 0 Å². The van der Waals surface area contributed by atoms with Crippen LogP contribution in [-0.4, -0.2) is 48.0 Å². The third-order valence-corrected chi connectivity index (χ3v) is 3.08. The minimum atomic E-state index is -0.475. The maximum absolute atomic E-state index is 11.2. The number of carbonyl (C=O) groups excluding carboxylic acids is 1. The molecule has 2 N–H and O–H groups in total. The Hall–Kier alpha value is -2.47. The standard InChI is InChI=1S/C16H20N4O2/c1-20(2)8-3-9-22-15-5-4-13(11-19-15)14-10-12(16(17)21)6-7-18-14/h4-7,10-11H,3,8-9H2,1-2H3,(H2,17,21). The van der Waals surface area contributed by atoms with E-state index in [-0.39, 0.29) is 0 Å². The number of carbonyl (C=O) groups is 1. The van der Waals surface area contributed by atoms with Gasteiger partial charge < -0.3 is 15.4 Å². The van der Waals surface area contributed by atoms with Crippen LogP contribution in [0.15, 0.2) is 36.7 Å². The predicted molar refractivity (Wildman–Crippen MR) is 84.7 cm³/mol. The summed E-state index contributed by atoms with van der Waals surface area (Å²) >= 11 is 0. The number of pyridine rings is 2. The largest absolute Gasteiger partial charge is 0.478 e. The molecule has 0 saturated heterocycles. The molecular weight excluding hydrogens is 280 g/mol. The molecule has 0 aliphatic rings. The van der Waals surface area contributed by atoms with E-state index in [4.69, 9.17) is 10.5 Å². The van der Waals surface area contributed by atoms with Gasteiger partial charge in [0.05, 0.1) is 12.3 Å². The molecule has 0 aromatic carbocycles. The van der Waals surface area contributed by atoms with Gasteiger partial charge in [0.1, 0.15) is 0 Å². The first kappa shape index (κ1) is 15.9. The van der Waals surface area contributed by atoms with E-state index in [1.54, 1.807) is 30.6 Å². The molecule has 0 atom stereocenters. The smallest absolute Gasteiger partial charge is 0.248 e. The second kappa shape index (κ2) is 7.51. The first-order chi connectivity index (χ1) is 10.6. The van der Waals surface area contributed by atoms with Crippen molar-refractivity contribution in [3.8, 4) is 17.1 Å². The van der Waals surface area contributed by atoms with Gasteiger partial charge in [0.2, 0.25) is 11.8 Å². The van der Waals surface area contributed by atoms with Crippen LogP contribution in [0.25, 0.3) is 11.3 Å². The fourth-order valence-corrected chi connectivity index (χ4v) is 1.92. The normalized spacial score (nSPS) is 10.7. The summed E-state index contributed by atoms with van der Waals surface area (Å²) in [6.07, 6.45) is 4.17. The van der Waals surface area contributed by atoms with Crippen molar-refractivity contribution in [2.45, 2.75) is 6.42 Å². The molecule has 0 spiro atoms. The molecule has 0 aliphatic carbocycles. The van der Waals surface area contributed by atoms with Crippen molar-refractivity contribution in [2.24, 2.45) is 5.73 Å². The number of nitrogens with zero attached hydrogens (tertiary/aromatic N) is 3. The predicted octanol–water partition coefficient (Wildman–Crippen LogP) is 1.57. The van der Waals surface area contributed by atoms with Crippen molar-refractivity contribution in [3.63, 3.8) is 0 Å². The Bertz CT molecular complexity index is 626. The van der Waals surface area contributed by atoms with Gasteiger partial charge in [0.25, 0.3) is 0 Å². The highest BCUT2D eigenvalue weighted by Gasteiger charge is 2.05. The van der Waals surface area contributed by atoms with E-state index >= 15 is 0 Å². The van der Waals surface area contributed by atoms with Gasteiger partial charge in [0, 0.05) is 36.1 Å². The van der Waals surface area contributed by atoms with Crippen LogP contribution in [-0.2, 0) is 0 Å². The number of aromatic nitrogens is 2. The Morgan fingerprint density at radius 3 is 2.73 bits per heavy atom. The molecule has 6 heteroatoms. The minimum absolute atomic E-state index is 0.425. The Balaban J connectivity index is 1.99. The third kappa shape index (κ3) is 4.53. The molecule has 116 valence electrons. The highest BCUT2D eigenvalue weighted by atomic mass is 16.5. The first-order valence-electron chi connectivity index (χ1n) is 7.06. The van der Waals surface area contributed by atoms with Crippen molar-refractivity contribution < 1.29 is 9.53 Å². The van der Waals surface area contributed by atoms with E-state index in [0.29, 0.717) is 23.7 Å². The molecule has 2 aromatic rings. The zero-order valence-electron chi connectivity index (χ0n) is 12.8. The molecular formula is C16H20N4O2. The molecule has 1 amide bonds. The van der Waals surface area contributed by atoms with Crippen LogP contribution >= 0.6 is 0 Å². The van der Waals surface area contributed by atoms with E-state index in [9.17, 15) is 4.79 Å². The van der Waals surface area contributed by atoms with Crippen LogP contribution in [0, 0.1) is 0 Å². The van der Waals surface area contributed by atoms with Gasteiger partial charge in [-0.2, -0.15) is 0 Å². The number of nitrogens with two attached hydrogens (primary N) is 1. The maximum atomic E-state index is 11.2. The third-order valence-electron chi connectivity index (χ3n) is 3.08. The van der Waals surface area contributed by atoms with E-state index < -0.39 is 5.91 Å². The van der Waals surface area contributed by atoms with Crippen molar-refractivity contribution in [2.75, 3.05) is 27.2 Å². The summed E-state index contributed by atoms with van der Waals surface area (Å²) in [5.74, 6) is 0.103. The van der Waals surface area contributed by atoms with E-state index in [1.807, 2.05) is 20.2 Å². The van der Waals surface area contributed by atoms with Crippen molar-refractivity contribution in [3.05, 3.63) is 42.2 Å².